The van der Waals surface area contributed by atoms with Crippen molar-refractivity contribution in [2.24, 2.45) is 5.73 Å². The Kier molecular flexibility index (Phi) is 2.96. The van der Waals surface area contributed by atoms with Crippen molar-refractivity contribution < 1.29 is 4.42 Å². The van der Waals surface area contributed by atoms with Crippen molar-refractivity contribution in [1.29, 1.82) is 0 Å². The summed E-state index contributed by atoms with van der Waals surface area (Å²) in [5.74, 6) is 0.939. The number of rotatable bonds is 3. The molecule has 1 unspecified atom stereocenters. The molecule has 0 fully saturated rings. The van der Waals surface area contributed by atoms with Crippen LogP contribution in [0.5, 0.6) is 0 Å². The van der Waals surface area contributed by atoms with Crippen LogP contribution in [0.4, 0.5) is 0 Å². The van der Waals surface area contributed by atoms with E-state index in [9.17, 15) is 0 Å². The molecule has 0 spiro atoms. The van der Waals surface area contributed by atoms with Crippen molar-refractivity contribution in [3.8, 4) is 11.5 Å². The Bertz CT molecular complexity index is 480. The van der Waals surface area contributed by atoms with Crippen LogP contribution in [0.1, 0.15) is 30.8 Å². The molecular formula is C11H14N4O. The van der Waals surface area contributed by atoms with Gasteiger partial charge < -0.3 is 10.2 Å². The lowest BCUT2D eigenvalue weighted by Crippen LogP contribution is -2.08. The second-order valence-corrected chi connectivity index (χ2v) is 3.71. The summed E-state index contributed by atoms with van der Waals surface area (Å²) in [6.07, 6.45) is 4.24. The van der Waals surface area contributed by atoms with E-state index in [4.69, 9.17) is 10.2 Å². The predicted octanol–water partition coefficient (Wildman–Crippen LogP) is 1.85. The molecule has 0 amide bonds. The molecule has 0 aliphatic heterocycles. The summed E-state index contributed by atoms with van der Waals surface area (Å²) >= 11 is 0. The summed E-state index contributed by atoms with van der Waals surface area (Å²) in [6.45, 7) is 3.94. The Morgan fingerprint density at radius 1 is 1.38 bits per heavy atom. The van der Waals surface area contributed by atoms with Gasteiger partial charge in [0.05, 0.1) is 11.6 Å². The maximum absolute atomic E-state index is 5.80. The molecule has 0 aromatic carbocycles. The van der Waals surface area contributed by atoms with E-state index >= 15 is 0 Å². The highest BCUT2D eigenvalue weighted by molar-refractivity contribution is 5.51. The zero-order chi connectivity index (χ0) is 11.5. The first-order chi connectivity index (χ1) is 7.70. The largest absolute Gasteiger partial charge is 0.419 e. The molecule has 1 atom stereocenters. The van der Waals surface area contributed by atoms with Crippen molar-refractivity contribution in [3.63, 3.8) is 0 Å². The van der Waals surface area contributed by atoms with Crippen LogP contribution in [0.15, 0.2) is 22.9 Å². The minimum Gasteiger partial charge on any atom is -0.419 e. The van der Waals surface area contributed by atoms with E-state index in [1.807, 2.05) is 19.9 Å². The molecule has 0 radical (unpaired) electrons. The SMILES string of the molecule is CCC(N)c1nnc(-c2cncc(C)c2)o1. The van der Waals surface area contributed by atoms with Gasteiger partial charge in [-0.05, 0) is 25.0 Å². The molecule has 0 aliphatic rings. The van der Waals surface area contributed by atoms with E-state index in [2.05, 4.69) is 15.2 Å². The van der Waals surface area contributed by atoms with Gasteiger partial charge in [0, 0.05) is 12.4 Å². The van der Waals surface area contributed by atoms with Crippen LogP contribution < -0.4 is 5.73 Å². The normalized spacial score (nSPS) is 12.7. The molecule has 5 nitrogen and oxygen atoms in total. The highest BCUT2D eigenvalue weighted by atomic mass is 16.4. The molecule has 0 saturated carbocycles. The van der Waals surface area contributed by atoms with Gasteiger partial charge in [-0.3, -0.25) is 4.98 Å². The molecule has 2 heterocycles. The van der Waals surface area contributed by atoms with E-state index in [1.54, 1.807) is 12.4 Å². The standard InChI is InChI=1S/C11H14N4O/c1-3-9(12)11-15-14-10(16-11)8-4-7(2)5-13-6-8/h4-6,9H,3,12H2,1-2H3. The Morgan fingerprint density at radius 2 is 2.19 bits per heavy atom. The van der Waals surface area contributed by atoms with Gasteiger partial charge in [0.1, 0.15) is 0 Å². The highest BCUT2D eigenvalue weighted by Gasteiger charge is 2.13. The molecular weight excluding hydrogens is 204 g/mol. The molecule has 2 N–H and O–H groups in total. The first-order valence-corrected chi connectivity index (χ1v) is 5.21. The van der Waals surface area contributed by atoms with Gasteiger partial charge in [-0.1, -0.05) is 6.92 Å². The van der Waals surface area contributed by atoms with Gasteiger partial charge in [0.2, 0.25) is 11.8 Å². The molecule has 0 aliphatic carbocycles. The number of hydrogen-bond acceptors (Lipinski definition) is 5. The molecule has 0 bridgehead atoms. The highest BCUT2D eigenvalue weighted by Crippen LogP contribution is 2.20. The summed E-state index contributed by atoms with van der Waals surface area (Å²) in [5, 5.41) is 7.88. The smallest absolute Gasteiger partial charge is 0.249 e. The summed E-state index contributed by atoms with van der Waals surface area (Å²) in [5.41, 5.74) is 7.68. The first-order valence-electron chi connectivity index (χ1n) is 5.21. The van der Waals surface area contributed by atoms with Gasteiger partial charge in [0.15, 0.2) is 0 Å². The Hall–Kier alpha value is -1.75. The fourth-order valence-corrected chi connectivity index (χ4v) is 1.35. The average molecular weight is 218 g/mol. The van der Waals surface area contributed by atoms with Crippen molar-refractivity contribution in [1.82, 2.24) is 15.2 Å². The third kappa shape index (κ3) is 2.09. The van der Waals surface area contributed by atoms with Crippen LogP contribution in [0.2, 0.25) is 0 Å². The van der Waals surface area contributed by atoms with Crippen molar-refractivity contribution in [3.05, 3.63) is 29.9 Å². The minimum absolute atomic E-state index is 0.195. The van der Waals surface area contributed by atoms with Gasteiger partial charge in [0.25, 0.3) is 0 Å². The van der Waals surface area contributed by atoms with Crippen LogP contribution in [0.3, 0.4) is 0 Å². The quantitative estimate of drug-likeness (QED) is 0.850. The van der Waals surface area contributed by atoms with Gasteiger partial charge >= 0.3 is 0 Å². The zero-order valence-corrected chi connectivity index (χ0v) is 9.34. The predicted molar refractivity (Wildman–Crippen MR) is 59.5 cm³/mol. The van der Waals surface area contributed by atoms with Crippen LogP contribution in [-0.4, -0.2) is 15.2 Å². The molecule has 0 saturated heterocycles. The van der Waals surface area contributed by atoms with Crippen LogP contribution in [-0.2, 0) is 0 Å². The first kappa shape index (κ1) is 10.8. The second kappa shape index (κ2) is 4.40. The monoisotopic (exact) mass is 218 g/mol. The van der Waals surface area contributed by atoms with Crippen molar-refractivity contribution >= 4 is 0 Å². The van der Waals surface area contributed by atoms with Crippen LogP contribution in [0.25, 0.3) is 11.5 Å². The Labute approximate surface area is 93.7 Å². The minimum atomic E-state index is -0.195. The zero-order valence-electron chi connectivity index (χ0n) is 9.34. The maximum Gasteiger partial charge on any atom is 0.249 e. The number of aryl methyl sites for hydroxylation is 1. The molecule has 2 aromatic heterocycles. The number of aromatic nitrogens is 3. The summed E-state index contributed by atoms with van der Waals surface area (Å²) < 4.78 is 5.49. The van der Waals surface area contributed by atoms with Gasteiger partial charge in [-0.15, -0.1) is 10.2 Å². The molecule has 2 rings (SSSR count). The fourth-order valence-electron chi connectivity index (χ4n) is 1.35. The maximum atomic E-state index is 5.80. The molecule has 84 valence electrons. The third-order valence-corrected chi connectivity index (χ3v) is 2.32. The van der Waals surface area contributed by atoms with E-state index < -0.39 is 0 Å². The molecule has 2 aromatic rings. The van der Waals surface area contributed by atoms with Crippen molar-refractivity contribution in [2.45, 2.75) is 26.3 Å². The Balaban J connectivity index is 2.31. The average Bonchev–Trinajstić information content (AvgIpc) is 2.77. The van der Waals surface area contributed by atoms with Crippen LogP contribution in [0, 0.1) is 6.92 Å². The lowest BCUT2D eigenvalue weighted by Gasteiger charge is -2.00. The number of nitrogens with zero attached hydrogens (tertiary/aromatic N) is 3. The lowest BCUT2D eigenvalue weighted by atomic mass is 10.2. The summed E-state index contributed by atoms with van der Waals surface area (Å²) in [6, 6.07) is 1.75. The number of hydrogen-bond donors (Lipinski definition) is 1. The third-order valence-electron chi connectivity index (χ3n) is 2.32. The number of nitrogens with two attached hydrogens (primary N) is 1. The van der Waals surface area contributed by atoms with E-state index in [-0.39, 0.29) is 6.04 Å². The summed E-state index contributed by atoms with van der Waals surface area (Å²) in [7, 11) is 0. The fraction of sp³-hybridized carbons (Fsp3) is 0.364. The molecule has 16 heavy (non-hydrogen) atoms. The van der Waals surface area contributed by atoms with Crippen molar-refractivity contribution in [2.75, 3.05) is 0 Å². The van der Waals surface area contributed by atoms with E-state index in [1.165, 1.54) is 0 Å². The summed E-state index contributed by atoms with van der Waals surface area (Å²) in [4.78, 5) is 4.08. The topological polar surface area (TPSA) is 77.8 Å². The lowest BCUT2D eigenvalue weighted by molar-refractivity contribution is 0.452. The number of pyridine rings is 1. The van der Waals surface area contributed by atoms with E-state index in [0.717, 1.165) is 17.5 Å². The van der Waals surface area contributed by atoms with Crippen LogP contribution >= 0.6 is 0 Å². The Morgan fingerprint density at radius 3 is 2.88 bits per heavy atom. The second-order valence-electron chi connectivity index (χ2n) is 3.71. The molecule has 5 heteroatoms. The van der Waals surface area contributed by atoms with Gasteiger partial charge in [-0.2, -0.15) is 0 Å². The van der Waals surface area contributed by atoms with E-state index in [0.29, 0.717) is 11.8 Å². The van der Waals surface area contributed by atoms with Gasteiger partial charge in [-0.25, -0.2) is 0 Å².